The van der Waals surface area contributed by atoms with Crippen LogP contribution in [0.4, 0.5) is 5.69 Å². The minimum absolute atomic E-state index is 0.161. The number of anilines is 1. The van der Waals surface area contributed by atoms with Crippen LogP contribution in [0.2, 0.25) is 0 Å². The van der Waals surface area contributed by atoms with E-state index in [4.69, 9.17) is 4.74 Å². The third kappa shape index (κ3) is 7.17. The van der Waals surface area contributed by atoms with Crippen molar-refractivity contribution in [2.75, 3.05) is 51.3 Å². The molecule has 1 aromatic heterocycles. The minimum atomic E-state index is -3.70. The predicted octanol–water partition coefficient (Wildman–Crippen LogP) is 2.39. The van der Waals surface area contributed by atoms with E-state index in [1.165, 1.54) is 11.8 Å². The second-order valence-electron chi connectivity index (χ2n) is 8.45. The van der Waals surface area contributed by atoms with Crippen molar-refractivity contribution in [1.29, 1.82) is 0 Å². The van der Waals surface area contributed by atoms with E-state index < -0.39 is 16.1 Å². The smallest absolute Gasteiger partial charge is 0.250 e. The Morgan fingerprint density at radius 1 is 1.12 bits per heavy atom. The van der Waals surface area contributed by atoms with E-state index in [0.717, 1.165) is 56.2 Å². The number of thiophene rings is 1. The zero-order valence-electron chi connectivity index (χ0n) is 19.5. The summed E-state index contributed by atoms with van der Waals surface area (Å²) < 4.78 is 33.0. The van der Waals surface area contributed by atoms with Gasteiger partial charge in [-0.05, 0) is 54.6 Å². The molecular formula is C23H34N4O4S2. The first-order valence-electron chi connectivity index (χ1n) is 11.2. The highest BCUT2D eigenvalue weighted by molar-refractivity contribution is 7.91. The van der Waals surface area contributed by atoms with Gasteiger partial charge in [0.25, 0.3) is 10.0 Å². The van der Waals surface area contributed by atoms with E-state index in [-0.39, 0.29) is 16.0 Å². The van der Waals surface area contributed by atoms with Crippen LogP contribution in [0.3, 0.4) is 0 Å². The molecule has 2 N–H and O–H groups in total. The number of piperazine rings is 1. The van der Waals surface area contributed by atoms with Gasteiger partial charge in [0, 0.05) is 38.4 Å². The number of methoxy groups -OCH3 is 1. The molecule has 2 aromatic rings. The standard InChI is InChI=1S/C23H34N4O4S2/c1-18(2)22(25-33(29,30)21-6-4-17-32-21)23(28)24-11-5-12-26-13-15-27(16-14-26)19-7-9-20(31-3)10-8-19/h4,6-10,17-18,22,25H,5,11-16H2,1-3H3,(H,24,28)/t22-/m0/s1. The fraction of sp³-hybridized carbons (Fsp3) is 0.522. The number of hydrogen-bond acceptors (Lipinski definition) is 7. The number of rotatable bonds is 11. The Morgan fingerprint density at radius 2 is 1.82 bits per heavy atom. The maximum absolute atomic E-state index is 12.7. The molecule has 0 spiro atoms. The van der Waals surface area contributed by atoms with E-state index in [1.54, 1.807) is 18.6 Å². The van der Waals surface area contributed by atoms with Gasteiger partial charge in [0.05, 0.1) is 7.11 Å². The molecule has 1 aromatic carbocycles. The summed E-state index contributed by atoms with van der Waals surface area (Å²) in [7, 11) is -2.03. The minimum Gasteiger partial charge on any atom is -0.497 e. The molecule has 1 amide bonds. The number of carbonyl (C=O) groups is 1. The zero-order valence-corrected chi connectivity index (χ0v) is 21.1. The van der Waals surface area contributed by atoms with Crippen molar-refractivity contribution in [3.8, 4) is 5.75 Å². The van der Waals surface area contributed by atoms with Gasteiger partial charge >= 0.3 is 0 Å². The topological polar surface area (TPSA) is 91.0 Å². The van der Waals surface area contributed by atoms with Gasteiger partial charge in [-0.2, -0.15) is 4.72 Å². The Hall–Kier alpha value is -2.14. The van der Waals surface area contributed by atoms with Gasteiger partial charge in [0.1, 0.15) is 16.0 Å². The first-order chi connectivity index (χ1) is 15.8. The van der Waals surface area contributed by atoms with Crippen LogP contribution in [0, 0.1) is 5.92 Å². The molecule has 1 atom stereocenters. The van der Waals surface area contributed by atoms with Gasteiger partial charge in [0.2, 0.25) is 5.91 Å². The number of hydrogen-bond donors (Lipinski definition) is 2. The monoisotopic (exact) mass is 494 g/mol. The van der Waals surface area contributed by atoms with Crippen molar-refractivity contribution < 1.29 is 17.9 Å². The molecule has 3 rings (SSSR count). The SMILES string of the molecule is COc1ccc(N2CCN(CCCNC(=O)[C@@H](NS(=O)(=O)c3cccs3)C(C)C)CC2)cc1. The Kier molecular flexibility index (Phi) is 9.13. The fourth-order valence-corrected chi connectivity index (χ4v) is 6.13. The average Bonchev–Trinajstić information content (AvgIpc) is 3.37. The molecule has 0 unspecified atom stereocenters. The van der Waals surface area contributed by atoms with Gasteiger partial charge in [0.15, 0.2) is 0 Å². The number of carbonyl (C=O) groups excluding carboxylic acids is 1. The second kappa shape index (κ2) is 11.8. The number of nitrogens with one attached hydrogen (secondary N) is 2. The molecule has 0 bridgehead atoms. The summed E-state index contributed by atoms with van der Waals surface area (Å²) in [5, 5.41) is 4.61. The Balaban J connectivity index is 1.39. The summed E-state index contributed by atoms with van der Waals surface area (Å²) in [6.07, 6.45) is 0.816. The summed E-state index contributed by atoms with van der Waals surface area (Å²) in [6.45, 7) is 8.93. The summed E-state index contributed by atoms with van der Waals surface area (Å²) in [6, 6.07) is 10.6. The van der Waals surface area contributed by atoms with Gasteiger partial charge < -0.3 is 15.0 Å². The first kappa shape index (κ1) is 25.5. The summed E-state index contributed by atoms with van der Waals surface area (Å²) in [4.78, 5) is 17.4. The van der Waals surface area contributed by atoms with Crippen LogP contribution in [-0.2, 0) is 14.8 Å². The average molecular weight is 495 g/mol. The van der Waals surface area contributed by atoms with Gasteiger partial charge in [-0.3, -0.25) is 9.69 Å². The van der Waals surface area contributed by atoms with E-state index in [9.17, 15) is 13.2 Å². The van der Waals surface area contributed by atoms with Crippen molar-refractivity contribution in [3.63, 3.8) is 0 Å². The highest BCUT2D eigenvalue weighted by atomic mass is 32.2. The largest absolute Gasteiger partial charge is 0.497 e. The van der Waals surface area contributed by atoms with Gasteiger partial charge in [-0.15, -0.1) is 11.3 Å². The fourth-order valence-electron chi connectivity index (χ4n) is 3.78. The Labute approximate surface area is 201 Å². The highest BCUT2D eigenvalue weighted by Crippen LogP contribution is 2.20. The van der Waals surface area contributed by atoms with E-state index >= 15 is 0 Å². The van der Waals surface area contributed by atoms with Crippen molar-refractivity contribution in [2.24, 2.45) is 5.92 Å². The van der Waals surface area contributed by atoms with Gasteiger partial charge in [-0.1, -0.05) is 19.9 Å². The predicted molar refractivity (Wildman–Crippen MR) is 133 cm³/mol. The molecular weight excluding hydrogens is 460 g/mol. The molecule has 182 valence electrons. The lowest BCUT2D eigenvalue weighted by Gasteiger charge is -2.36. The van der Waals surface area contributed by atoms with Crippen LogP contribution >= 0.6 is 11.3 Å². The lowest BCUT2D eigenvalue weighted by molar-refractivity contribution is -0.123. The molecule has 0 saturated carbocycles. The van der Waals surface area contributed by atoms with Crippen LogP contribution in [0.5, 0.6) is 5.75 Å². The molecule has 0 aliphatic carbocycles. The van der Waals surface area contributed by atoms with Crippen LogP contribution < -0.4 is 19.7 Å². The lowest BCUT2D eigenvalue weighted by atomic mass is 10.1. The van der Waals surface area contributed by atoms with E-state index in [0.29, 0.717) is 6.54 Å². The number of amides is 1. The second-order valence-corrected chi connectivity index (χ2v) is 11.3. The first-order valence-corrected chi connectivity index (χ1v) is 13.6. The third-order valence-electron chi connectivity index (χ3n) is 5.75. The molecule has 1 fully saturated rings. The highest BCUT2D eigenvalue weighted by Gasteiger charge is 2.28. The van der Waals surface area contributed by atoms with Crippen LogP contribution in [0.1, 0.15) is 20.3 Å². The Morgan fingerprint density at radius 3 is 2.39 bits per heavy atom. The molecule has 1 aliphatic heterocycles. The molecule has 0 radical (unpaired) electrons. The summed E-state index contributed by atoms with van der Waals surface area (Å²) in [5.74, 6) is 0.415. The maximum Gasteiger partial charge on any atom is 0.250 e. The van der Waals surface area contributed by atoms with Crippen LogP contribution in [0.25, 0.3) is 0 Å². The number of benzene rings is 1. The maximum atomic E-state index is 12.7. The van der Waals surface area contributed by atoms with E-state index in [1.807, 2.05) is 26.0 Å². The molecule has 1 saturated heterocycles. The van der Waals surface area contributed by atoms with Crippen molar-refractivity contribution in [1.82, 2.24) is 14.9 Å². The third-order valence-corrected chi connectivity index (χ3v) is 8.59. The number of sulfonamides is 1. The van der Waals surface area contributed by atoms with Crippen molar-refractivity contribution in [3.05, 3.63) is 41.8 Å². The Bertz CT molecular complexity index is 970. The molecule has 33 heavy (non-hydrogen) atoms. The molecule has 1 aliphatic rings. The van der Waals surface area contributed by atoms with Crippen molar-refractivity contribution in [2.45, 2.75) is 30.5 Å². The van der Waals surface area contributed by atoms with Crippen molar-refractivity contribution >= 4 is 33.0 Å². The molecule has 8 nitrogen and oxygen atoms in total. The van der Waals surface area contributed by atoms with Crippen LogP contribution in [-0.4, -0.2) is 71.6 Å². The molecule has 10 heteroatoms. The summed E-state index contributed by atoms with van der Waals surface area (Å²) >= 11 is 1.14. The van der Waals surface area contributed by atoms with E-state index in [2.05, 4.69) is 32.0 Å². The lowest BCUT2D eigenvalue weighted by Crippen LogP contribution is -2.50. The molecule has 2 heterocycles. The number of nitrogens with zero attached hydrogens (tertiary/aromatic N) is 2. The quantitative estimate of drug-likeness (QED) is 0.466. The van der Waals surface area contributed by atoms with Crippen LogP contribution in [0.15, 0.2) is 46.0 Å². The normalized spacial score (nSPS) is 16.1. The zero-order chi connectivity index (χ0) is 23.8. The number of ether oxygens (including phenoxy) is 1. The summed E-state index contributed by atoms with van der Waals surface area (Å²) in [5.41, 5.74) is 1.20. The van der Waals surface area contributed by atoms with Gasteiger partial charge in [-0.25, -0.2) is 8.42 Å².